The molecule has 0 atom stereocenters. The zero-order chi connectivity index (χ0) is 16.4. The molecule has 1 aromatic carbocycles. The Hall–Kier alpha value is -2.63. The molecule has 0 saturated carbocycles. The van der Waals surface area contributed by atoms with Crippen LogP contribution in [0, 0.1) is 13.8 Å². The van der Waals surface area contributed by atoms with Crippen LogP contribution >= 0.6 is 0 Å². The first-order valence-corrected chi connectivity index (χ1v) is 7.75. The van der Waals surface area contributed by atoms with Crippen LogP contribution in [0.1, 0.15) is 30.6 Å². The number of benzene rings is 1. The van der Waals surface area contributed by atoms with Crippen LogP contribution in [0.5, 0.6) is 0 Å². The van der Waals surface area contributed by atoms with Gasteiger partial charge in [0.2, 0.25) is 5.91 Å². The van der Waals surface area contributed by atoms with Gasteiger partial charge in [-0.1, -0.05) is 12.1 Å². The normalized spacial score (nSPS) is 11.1. The summed E-state index contributed by atoms with van der Waals surface area (Å²) in [6.07, 6.45) is 1.23. The van der Waals surface area contributed by atoms with Gasteiger partial charge in [-0.05, 0) is 38.5 Å². The molecule has 23 heavy (non-hydrogen) atoms. The van der Waals surface area contributed by atoms with Gasteiger partial charge in [-0.3, -0.25) is 4.79 Å². The van der Waals surface area contributed by atoms with Crippen molar-refractivity contribution >= 4 is 22.6 Å². The SMILES string of the molecule is CCCn1c(C)nc2cc(NC(=O)Cc3cc(C)no3)ccc21. The molecule has 6 heteroatoms. The molecule has 0 aliphatic heterocycles. The number of imidazole rings is 1. The number of nitrogens with one attached hydrogen (secondary N) is 1. The zero-order valence-corrected chi connectivity index (χ0v) is 13.6. The van der Waals surface area contributed by atoms with Crippen molar-refractivity contribution in [3.8, 4) is 0 Å². The van der Waals surface area contributed by atoms with Crippen LogP contribution in [0.2, 0.25) is 0 Å². The monoisotopic (exact) mass is 312 g/mol. The summed E-state index contributed by atoms with van der Waals surface area (Å²) < 4.78 is 7.26. The molecular formula is C17H20N4O2. The van der Waals surface area contributed by atoms with E-state index in [4.69, 9.17) is 4.52 Å². The van der Waals surface area contributed by atoms with Crippen molar-refractivity contribution in [2.45, 2.75) is 40.2 Å². The summed E-state index contributed by atoms with van der Waals surface area (Å²) >= 11 is 0. The maximum absolute atomic E-state index is 12.1. The van der Waals surface area contributed by atoms with E-state index in [9.17, 15) is 4.79 Å². The molecule has 0 bridgehead atoms. The van der Waals surface area contributed by atoms with Gasteiger partial charge < -0.3 is 14.4 Å². The van der Waals surface area contributed by atoms with Crippen LogP contribution in [0.3, 0.4) is 0 Å². The smallest absolute Gasteiger partial charge is 0.232 e. The van der Waals surface area contributed by atoms with Gasteiger partial charge in [-0.2, -0.15) is 0 Å². The number of carbonyl (C=O) groups is 1. The van der Waals surface area contributed by atoms with Gasteiger partial charge >= 0.3 is 0 Å². The number of aryl methyl sites for hydroxylation is 3. The van der Waals surface area contributed by atoms with E-state index in [2.05, 4.69) is 26.9 Å². The van der Waals surface area contributed by atoms with Crippen LogP contribution in [-0.2, 0) is 17.8 Å². The number of hydrogen-bond acceptors (Lipinski definition) is 4. The van der Waals surface area contributed by atoms with E-state index in [1.165, 1.54) is 0 Å². The molecule has 3 rings (SSSR count). The number of aromatic nitrogens is 3. The largest absolute Gasteiger partial charge is 0.361 e. The Bertz CT molecular complexity index is 848. The summed E-state index contributed by atoms with van der Waals surface area (Å²) in [5.74, 6) is 1.41. The van der Waals surface area contributed by atoms with Gasteiger partial charge in [0.15, 0.2) is 0 Å². The molecule has 0 fully saturated rings. The Balaban J connectivity index is 1.76. The molecule has 0 spiro atoms. The second-order valence-electron chi connectivity index (χ2n) is 5.67. The second-order valence-corrected chi connectivity index (χ2v) is 5.67. The summed E-state index contributed by atoms with van der Waals surface area (Å²) in [7, 11) is 0. The molecule has 0 unspecified atom stereocenters. The van der Waals surface area contributed by atoms with Gasteiger partial charge in [0, 0.05) is 18.3 Å². The molecular weight excluding hydrogens is 292 g/mol. The molecule has 0 radical (unpaired) electrons. The number of fused-ring (bicyclic) bond motifs is 1. The lowest BCUT2D eigenvalue weighted by Gasteiger charge is -2.06. The summed E-state index contributed by atoms with van der Waals surface area (Å²) in [6.45, 7) is 6.91. The van der Waals surface area contributed by atoms with E-state index in [0.29, 0.717) is 5.76 Å². The van der Waals surface area contributed by atoms with Crippen molar-refractivity contribution in [3.63, 3.8) is 0 Å². The lowest BCUT2D eigenvalue weighted by Crippen LogP contribution is -2.13. The number of anilines is 1. The lowest BCUT2D eigenvalue weighted by atomic mass is 10.2. The first kappa shape index (κ1) is 15.3. The van der Waals surface area contributed by atoms with Crippen molar-refractivity contribution in [1.82, 2.24) is 14.7 Å². The molecule has 2 heterocycles. The Kier molecular flexibility index (Phi) is 4.14. The highest BCUT2D eigenvalue weighted by Gasteiger charge is 2.11. The third kappa shape index (κ3) is 3.26. The highest BCUT2D eigenvalue weighted by molar-refractivity contribution is 5.94. The van der Waals surface area contributed by atoms with Crippen molar-refractivity contribution in [3.05, 3.63) is 41.5 Å². The van der Waals surface area contributed by atoms with Crippen LogP contribution < -0.4 is 5.32 Å². The van der Waals surface area contributed by atoms with Crippen molar-refractivity contribution in [2.75, 3.05) is 5.32 Å². The number of hydrogen-bond donors (Lipinski definition) is 1. The summed E-state index contributed by atoms with van der Waals surface area (Å²) in [5.41, 5.74) is 3.49. The molecule has 1 amide bonds. The van der Waals surface area contributed by atoms with Gasteiger partial charge in [0.05, 0.1) is 23.1 Å². The van der Waals surface area contributed by atoms with Crippen molar-refractivity contribution < 1.29 is 9.32 Å². The lowest BCUT2D eigenvalue weighted by molar-refractivity contribution is -0.115. The molecule has 3 aromatic rings. The van der Waals surface area contributed by atoms with Crippen molar-refractivity contribution in [2.24, 2.45) is 0 Å². The van der Waals surface area contributed by atoms with Crippen molar-refractivity contribution in [1.29, 1.82) is 0 Å². The maximum atomic E-state index is 12.1. The maximum Gasteiger partial charge on any atom is 0.232 e. The third-order valence-electron chi connectivity index (χ3n) is 3.68. The van der Waals surface area contributed by atoms with Crippen LogP contribution in [0.25, 0.3) is 11.0 Å². The fraction of sp³-hybridized carbons (Fsp3) is 0.353. The molecule has 0 aliphatic carbocycles. The standard InChI is InChI=1S/C17H20N4O2/c1-4-7-21-12(3)18-15-9-13(5-6-16(15)21)19-17(22)10-14-8-11(2)20-23-14/h5-6,8-9H,4,7,10H2,1-3H3,(H,19,22). The van der Waals surface area contributed by atoms with Gasteiger partial charge in [-0.15, -0.1) is 0 Å². The second kappa shape index (κ2) is 6.24. The zero-order valence-electron chi connectivity index (χ0n) is 13.6. The minimum Gasteiger partial charge on any atom is -0.361 e. The highest BCUT2D eigenvalue weighted by atomic mass is 16.5. The summed E-state index contributed by atoms with van der Waals surface area (Å²) in [4.78, 5) is 16.6. The fourth-order valence-electron chi connectivity index (χ4n) is 2.70. The molecule has 0 aliphatic rings. The minimum atomic E-state index is -0.134. The molecule has 1 N–H and O–H groups in total. The number of carbonyl (C=O) groups excluding carboxylic acids is 1. The average molecular weight is 312 g/mol. The fourth-order valence-corrected chi connectivity index (χ4v) is 2.70. The molecule has 6 nitrogen and oxygen atoms in total. The number of amides is 1. The Morgan fingerprint density at radius 3 is 2.83 bits per heavy atom. The number of rotatable bonds is 5. The van der Waals surface area contributed by atoms with Gasteiger partial charge in [0.25, 0.3) is 0 Å². The van der Waals surface area contributed by atoms with E-state index in [1.54, 1.807) is 6.07 Å². The number of nitrogens with zero attached hydrogens (tertiary/aromatic N) is 3. The first-order valence-electron chi connectivity index (χ1n) is 7.75. The third-order valence-corrected chi connectivity index (χ3v) is 3.68. The van der Waals surface area contributed by atoms with Crippen LogP contribution in [-0.4, -0.2) is 20.6 Å². The quantitative estimate of drug-likeness (QED) is 0.785. The van der Waals surface area contributed by atoms with E-state index in [0.717, 1.165) is 41.2 Å². The summed E-state index contributed by atoms with van der Waals surface area (Å²) in [6, 6.07) is 7.56. The van der Waals surface area contributed by atoms with Crippen LogP contribution in [0.15, 0.2) is 28.8 Å². The van der Waals surface area contributed by atoms with E-state index in [1.807, 2.05) is 32.0 Å². The minimum absolute atomic E-state index is 0.134. The average Bonchev–Trinajstić information content (AvgIpc) is 3.03. The van der Waals surface area contributed by atoms with E-state index < -0.39 is 0 Å². The van der Waals surface area contributed by atoms with E-state index >= 15 is 0 Å². The Morgan fingerprint density at radius 2 is 2.13 bits per heavy atom. The highest BCUT2D eigenvalue weighted by Crippen LogP contribution is 2.21. The first-order chi connectivity index (χ1) is 11.1. The van der Waals surface area contributed by atoms with Crippen LogP contribution in [0.4, 0.5) is 5.69 Å². The molecule has 120 valence electrons. The van der Waals surface area contributed by atoms with Gasteiger partial charge in [0.1, 0.15) is 11.6 Å². The van der Waals surface area contributed by atoms with Gasteiger partial charge in [-0.25, -0.2) is 4.98 Å². The Labute approximate surface area is 134 Å². The predicted octanol–water partition coefficient (Wildman–Crippen LogP) is 3.23. The predicted molar refractivity (Wildman–Crippen MR) is 88.3 cm³/mol. The molecule has 2 aromatic heterocycles. The summed E-state index contributed by atoms with van der Waals surface area (Å²) in [5, 5.41) is 6.66. The topological polar surface area (TPSA) is 73.0 Å². The van der Waals surface area contributed by atoms with E-state index in [-0.39, 0.29) is 12.3 Å². The Morgan fingerprint density at radius 1 is 1.30 bits per heavy atom. The molecule has 0 saturated heterocycles.